The minimum absolute atomic E-state index is 0.0749. The average molecular weight is 1240 g/mol. The van der Waals surface area contributed by atoms with Crippen molar-refractivity contribution in [2.75, 3.05) is 39.3 Å². The third-order valence-corrected chi connectivity index (χ3v) is 18.2. The summed E-state index contributed by atoms with van der Waals surface area (Å²) in [5, 5.41) is 37.6. The van der Waals surface area contributed by atoms with E-state index >= 15 is 0 Å². The van der Waals surface area contributed by atoms with E-state index in [-0.39, 0.29) is 35.4 Å². The molecule has 91 heavy (non-hydrogen) atoms. The number of aromatic amines is 1. The Kier molecular flexibility index (Phi) is 16.4. The Labute approximate surface area is 534 Å². The van der Waals surface area contributed by atoms with Crippen molar-refractivity contribution in [2.45, 2.75) is 83.8 Å². The van der Waals surface area contributed by atoms with E-state index in [2.05, 4.69) is 85.6 Å². The molecule has 0 aliphatic carbocycles. The van der Waals surface area contributed by atoms with Crippen LogP contribution in [0.1, 0.15) is 75.9 Å². The largest absolute Gasteiger partial charge is 0.487 e. The number of likely N-dealkylation sites (tertiary alicyclic amines) is 2. The lowest BCUT2D eigenvalue weighted by Gasteiger charge is -2.32. The van der Waals surface area contributed by atoms with E-state index in [9.17, 15) is 15.8 Å². The number of nitriles is 3. The molecular formula is C71H61Cl2N15O3. The predicted molar refractivity (Wildman–Crippen MR) is 356 cm³/mol. The maximum absolute atomic E-state index is 10.9. The molecule has 0 spiro atoms. The Morgan fingerprint density at radius 3 is 1.92 bits per heavy atom. The van der Waals surface area contributed by atoms with E-state index in [1.165, 1.54) is 0 Å². The number of hydrogen-bond acceptors (Lipinski definition) is 15. The van der Waals surface area contributed by atoms with Gasteiger partial charge < -0.3 is 28.7 Å². The van der Waals surface area contributed by atoms with Crippen LogP contribution < -0.4 is 14.2 Å². The van der Waals surface area contributed by atoms with E-state index in [4.69, 9.17) is 62.3 Å². The van der Waals surface area contributed by atoms with Crippen LogP contribution in [0.3, 0.4) is 0 Å². The van der Waals surface area contributed by atoms with Gasteiger partial charge in [-0.3, -0.25) is 14.5 Å². The third kappa shape index (κ3) is 11.4. The van der Waals surface area contributed by atoms with Crippen molar-refractivity contribution in [3.63, 3.8) is 0 Å². The maximum atomic E-state index is 10.9. The molecule has 452 valence electrons. The molecular weight excluding hydrogens is 1180 g/mol. The van der Waals surface area contributed by atoms with Gasteiger partial charge in [0.05, 0.1) is 64.3 Å². The maximum Gasteiger partial charge on any atom is 0.183 e. The molecule has 14 rings (SSSR count). The summed E-state index contributed by atoms with van der Waals surface area (Å²) in [4.78, 5) is 42.1. The van der Waals surface area contributed by atoms with Crippen LogP contribution in [-0.2, 0) is 6.67 Å². The standard InChI is InChI=1S/C71H61Cl2N15O3/c1-3-11-49(18-23-77-41-87-61-39-79-58(33-75)67(91-50-19-24-85(4-2)25-20-50)64(61)54-30-45(36-82-70(54)87)43-12-6-5-7-13-43)89-68-59(34-76)80-40-62-65(68)55-31-47(52-16-8-9-17-56(52)73)37-83-71(55)88(62)42-86-26-21-51(22-27-86)90-66-57(32-74)78-38-60-63(66)53-29-46(35-81-69(53)84-60)44-14-10-15-48(72)28-44/h5-10,12-17,28-31,35-41,49-51H,3-4,11,18-27,42H2,1-2H3,(H,81,84)/b77-41+. The molecule has 2 saturated heterocycles. The summed E-state index contributed by atoms with van der Waals surface area (Å²) in [5.41, 5.74) is 10.2. The van der Waals surface area contributed by atoms with E-state index in [0.29, 0.717) is 96.2 Å². The molecule has 18 nitrogen and oxygen atoms in total. The molecule has 0 saturated carbocycles. The number of H-pyrrole nitrogens is 1. The molecule has 11 heterocycles. The number of pyridine rings is 6. The number of halogens is 2. The van der Waals surface area contributed by atoms with Gasteiger partial charge in [-0.25, -0.2) is 29.9 Å². The Morgan fingerprint density at radius 1 is 0.593 bits per heavy atom. The molecule has 0 radical (unpaired) electrons. The van der Waals surface area contributed by atoms with Crippen LogP contribution in [0.5, 0.6) is 17.2 Å². The molecule has 2 aliphatic rings. The van der Waals surface area contributed by atoms with Crippen LogP contribution in [0.4, 0.5) is 0 Å². The van der Waals surface area contributed by atoms with Crippen LogP contribution in [0.25, 0.3) is 99.2 Å². The van der Waals surface area contributed by atoms with Crippen molar-refractivity contribution in [3.8, 4) is 68.8 Å². The summed E-state index contributed by atoms with van der Waals surface area (Å²) >= 11 is 13.2. The van der Waals surface area contributed by atoms with E-state index in [1.807, 2.05) is 89.8 Å². The van der Waals surface area contributed by atoms with Crippen LogP contribution in [-0.4, -0.2) is 118 Å². The second-order valence-corrected chi connectivity index (χ2v) is 24.1. The fraction of sp³-hybridized carbons (Fsp3) is 0.268. The molecule has 12 aromatic rings. The van der Waals surface area contributed by atoms with Gasteiger partial charge >= 0.3 is 0 Å². The van der Waals surface area contributed by atoms with Crippen molar-refractivity contribution in [3.05, 3.63) is 161 Å². The van der Waals surface area contributed by atoms with Gasteiger partial charge in [0.25, 0.3) is 0 Å². The summed E-state index contributed by atoms with van der Waals surface area (Å²) in [6.45, 7) is 9.26. The summed E-state index contributed by atoms with van der Waals surface area (Å²) in [5.74, 6) is 1.28. The van der Waals surface area contributed by atoms with Gasteiger partial charge in [-0.05, 0) is 86.2 Å². The quantitative estimate of drug-likeness (QED) is 0.0624. The fourth-order valence-electron chi connectivity index (χ4n) is 13.0. The predicted octanol–water partition coefficient (Wildman–Crippen LogP) is 14.7. The summed E-state index contributed by atoms with van der Waals surface area (Å²) in [7, 11) is 0. The van der Waals surface area contributed by atoms with Gasteiger partial charge in [0, 0.05) is 106 Å². The second kappa shape index (κ2) is 25.5. The van der Waals surface area contributed by atoms with Crippen molar-refractivity contribution in [2.24, 2.45) is 4.99 Å². The zero-order valence-corrected chi connectivity index (χ0v) is 51.7. The van der Waals surface area contributed by atoms with Crippen LogP contribution in [0.15, 0.2) is 139 Å². The number of rotatable bonds is 18. The minimum atomic E-state index is -0.365. The fourth-order valence-corrected chi connectivity index (χ4v) is 13.4. The van der Waals surface area contributed by atoms with E-state index in [1.54, 1.807) is 31.1 Å². The SMILES string of the molecule is CCCC(CC/N=C/n1c2cnc(C#N)c(OC3CCN(CC)CC3)c2c2cc(-c3ccccc3)cnc21)Oc1c(C#N)ncc2c1c1cc(-c3ccccc3Cl)cnc1n2CN1CCC(Oc2c(C#N)ncc3[nH]c4ncc(-c5cccc(Cl)c5)cc4c23)CC1. The molecule has 2 aliphatic heterocycles. The Hall–Kier alpha value is -10.0. The number of nitrogens with one attached hydrogen (secondary N) is 1. The van der Waals surface area contributed by atoms with Gasteiger partial charge in [-0.15, -0.1) is 0 Å². The number of aromatic nitrogens is 9. The van der Waals surface area contributed by atoms with Crippen molar-refractivity contribution >= 4 is 95.3 Å². The molecule has 1 unspecified atom stereocenters. The van der Waals surface area contributed by atoms with Gasteiger partial charge in [0.1, 0.15) is 53.5 Å². The first-order valence-corrected chi connectivity index (χ1v) is 31.6. The highest BCUT2D eigenvalue weighted by molar-refractivity contribution is 6.33. The number of fused-ring (bicyclic) bond motifs is 9. The zero-order valence-electron chi connectivity index (χ0n) is 50.2. The van der Waals surface area contributed by atoms with Gasteiger partial charge in [-0.1, -0.05) is 104 Å². The van der Waals surface area contributed by atoms with E-state index in [0.717, 1.165) is 121 Å². The summed E-state index contributed by atoms with van der Waals surface area (Å²) < 4.78 is 24.9. The zero-order chi connectivity index (χ0) is 62.1. The highest BCUT2D eigenvalue weighted by Crippen LogP contribution is 2.43. The summed E-state index contributed by atoms with van der Waals surface area (Å²) in [6, 6.07) is 38.6. The molecule has 1 N–H and O–H groups in total. The lowest BCUT2D eigenvalue weighted by Crippen LogP contribution is -2.39. The first-order valence-electron chi connectivity index (χ1n) is 30.8. The van der Waals surface area contributed by atoms with Crippen molar-refractivity contribution < 1.29 is 14.2 Å². The van der Waals surface area contributed by atoms with Crippen LogP contribution >= 0.6 is 23.2 Å². The smallest absolute Gasteiger partial charge is 0.183 e. The topological polar surface area (TPSA) is 221 Å². The highest BCUT2D eigenvalue weighted by Gasteiger charge is 2.30. The first kappa shape index (κ1) is 58.7. The Balaban J connectivity index is 0.761. The Bertz CT molecular complexity index is 4930. The van der Waals surface area contributed by atoms with Gasteiger partial charge in [0.15, 0.2) is 34.3 Å². The second-order valence-electron chi connectivity index (χ2n) is 23.2. The monoisotopic (exact) mass is 1240 g/mol. The van der Waals surface area contributed by atoms with Crippen LogP contribution in [0, 0.1) is 34.0 Å². The van der Waals surface area contributed by atoms with Gasteiger partial charge in [0.2, 0.25) is 0 Å². The van der Waals surface area contributed by atoms with Crippen molar-refractivity contribution in [1.29, 1.82) is 15.8 Å². The molecule has 1 atom stereocenters. The first-order chi connectivity index (χ1) is 44.7. The molecule has 2 fully saturated rings. The van der Waals surface area contributed by atoms with Crippen LogP contribution in [0.2, 0.25) is 10.0 Å². The van der Waals surface area contributed by atoms with Gasteiger partial charge in [-0.2, -0.15) is 15.8 Å². The number of piperidine rings is 2. The number of nitrogens with zero attached hydrogens (tertiary/aromatic N) is 14. The number of benzene rings is 3. The molecule has 0 bridgehead atoms. The normalized spacial score (nSPS) is 14.9. The molecule has 3 aromatic carbocycles. The molecule has 0 amide bonds. The third-order valence-electron chi connectivity index (χ3n) is 17.6. The number of hydrogen-bond donors (Lipinski definition) is 1. The summed E-state index contributed by atoms with van der Waals surface area (Å²) in [6.07, 6.45) is 16.8. The van der Waals surface area contributed by atoms with E-state index < -0.39 is 0 Å². The molecule has 9 aromatic heterocycles. The number of ether oxygens (including phenoxy) is 3. The Morgan fingerprint density at radius 2 is 1.20 bits per heavy atom. The molecule has 20 heteroatoms. The minimum Gasteiger partial charge on any atom is -0.487 e. The lowest BCUT2D eigenvalue weighted by molar-refractivity contribution is 0.0859. The van der Waals surface area contributed by atoms with Crippen molar-refractivity contribution in [1.82, 2.24) is 53.8 Å². The lowest BCUT2D eigenvalue weighted by atomic mass is 10.0. The highest BCUT2D eigenvalue weighted by atomic mass is 35.5. The average Bonchev–Trinajstić information content (AvgIpc) is 1.63. The number of aliphatic imine (C=N–C) groups is 1.